The lowest BCUT2D eigenvalue weighted by Crippen LogP contribution is -2.09. The van der Waals surface area contributed by atoms with Crippen LogP contribution in [0.15, 0.2) is 36.4 Å². The molecule has 110 valence electrons. The zero-order valence-electron chi connectivity index (χ0n) is 11.0. The van der Waals surface area contributed by atoms with Crippen molar-refractivity contribution in [3.8, 4) is 5.75 Å². The Morgan fingerprint density at radius 3 is 2.52 bits per heavy atom. The fourth-order valence-corrected chi connectivity index (χ4v) is 1.89. The number of anilines is 1. The van der Waals surface area contributed by atoms with Crippen molar-refractivity contribution in [3.63, 3.8) is 0 Å². The molecule has 0 radical (unpaired) electrons. The number of halogens is 2. The predicted octanol–water partition coefficient (Wildman–Crippen LogP) is 3.75. The van der Waals surface area contributed by atoms with Gasteiger partial charge < -0.3 is 10.4 Å². The van der Waals surface area contributed by atoms with Gasteiger partial charge in [-0.25, -0.2) is 8.78 Å². The summed E-state index contributed by atoms with van der Waals surface area (Å²) in [5, 5.41) is 23.1. The maximum absolute atomic E-state index is 13.2. The van der Waals surface area contributed by atoms with Gasteiger partial charge in [0.25, 0.3) is 5.69 Å². The van der Waals surface area contributed by atoms with Crippen LogP contribution in [0, 0.1) is 21.7 Å². The summed E-state index contributed by atoms with van der Waals surface area (Å²) in [6, 6.07) is 6.59. The minimum absolute atomic E-state index is 0.176. The van der Waals surface area contributed by atoms with Crippen LogP contribution in [0.1, 0.15) is 18.5 Å². The van der Waals surface area contributed by atoms with Gasteiger partial charge in [-0.05, 0) is 36.8 Å². The number of phenolic OH excluding ortho intramolecular Hbond substituents is 1. The van der Waals surface area contributed by atoms with Gasteiger partial charge in [-0.15, -0.1) is 0 Å². The maximum atomic E-state index is 13.2. The van der Waals surface area contributed by atoms with Crippen molar-refractivity contribution in [2.45, 2.75) is 13.0 Å². The van der Waals surface area contributed by atoms with Gasteiger partial charge in [0.15, 0.2) is 11.6 Å². The molecule has 0 spiro atoms. The fourth-order valence-electron chi connectivity index (χ4n) is 1.89. The molecule has 7 heteroatoms. The fraction of sp³-hybridized carbons (Fsp3) is 0.143. The van der Waals surface area contributed by atoms with E-state index in [1.54, 1.807) is 6.92 Å². The Hall–Kier alpha value is -2.70. The molecule has 2 aromatic carbocycles. The molecular weight excluding hydrogens is 282 g/mol. The Balaban J connectivity index is 2.29. The molecule has 0 bridgehead atoms. The zero-order chi connectivity index (χ0) is 15.6. The average Bonchev–Trinajstić information content (AvgIpc) is 2.43. The molecule has 0 saturated carbocycles. The number of hydrogen-bond acceptors (Lipinski definition) is 4. The summed E-state index contributed by atoms with van der Waals surface area (Å²) >= 11 is 0. The van der Waals surface area contributed by atoms with E-state index in [1.807, 2.05) is 0 Å². The SMILES string of the molecule is CC(Nc1ccc(O)cc1[N+](=O)[O-])c1ccc(F)c(F)c1. The number of nitrogens with zero attached hydrogens (tertiary/aromatic N) is 1. The van der Waals surface area contributed by atoms with Gasteiger partial charge in [-0.2, -0.15) is 0 Å². The molecule has 0 aliphatic heterocycles. The Kier molecular flexibility index (Phi) is 4.02. The van der Waals surface area contributed by atoms with Gasteiger partial charge in [-0.3, -0.25) is 10.1 Å². The molecule has 2 rings (SSSR count). The number of nitro benzene ring substituents is 1. The summed E-state index contributed by atoms with van der Waals surface area (Å²) in [4.78, 5) is 10.3. The normalized spacial score (nSPS) is 12.0. The van der Waals surface area contributed by atoms with Gasteiger partial charge in [0.2, 0.25) is 0 Å². The Morgan fingerprint density at radius 2 is 1.90 bits per heavy atom. The minimum Gasteiger partial charge on any atom is -0.508 e. The van der Waals surface area contributed by atoms with Crippen molar-refractivity contribution in [2.24, 2.45) is 0 Å². The van der Waals surface area contributed by atoms with E-state index in [1.165, 1.54) is 18.2 Å². The van der Waals surface area contributed by atoms with E-state index in [0.717, 1.165) is 18.2 Å². The molecular formula is C14H12F2N2O3. The van der Waals surface area contributed by atoms with Gasteiger partial charge in [0.05, 0.1) is 11.0 Å². The molecule has 0 aliphatic rings. The summed E-state index contributed by atoms with van der Waals surface area (Å²) in [7, 11) is 0. The molecule has 0 aliphatic carbocycles. The molecule has 2 aromatic rings. The van der Waals surface area contributed by atoms with E-state index in [-0.39, 0.29) is 17.1 Å². The first-order valence-corrected chi connectivity index (χ1v) is 6.07. The van der Waals surface area contributed by atoms with Crippen LogP contribution >= 0.6 is 0 Å². The highest BCUT2D eigenvalue weighted by molar-refractivity contribution is 5.64. The lowest BCUT2D eigenvalue weighted by Gasteiger charge is -2.16. The van der Waals surface area contributed by atoms with E-state index in [2.05, 4.69) is 5.32 Å². The first-order valence-electron chi connectivity index (χ1n) is 6.07. The molecule has 1 unspecified atom stereocenters. The molecule has 0 aromatic heterocycles. The van der Waals surface area contributed by atoms with Crippen molar-refractivity contribution in [1.29, 1.82) is 0 Å². The molecule has 0 amide bonds. The highest BCUT2D eigenvalue weighted by Crippen LogP contribution is 2.31. The van der Waals surface area contributed by atoms with Crippen LogP contribution in [0.25, 0.3) is 0 Å². The summed E-state index contributed by atoms with van der Waals surface area (Å²) in [5.41, 5.74) is 0.315. The summed E-state index contributed by atoms with van der Waals surface area (Å²) in [6.45, 7) is 1.66. The zero-order valence-corrected chi connectivity index (χ0v) is 11.0. The van der Waals surface area contributed by atoms with E-state index in [9.17, 15) is 24.0 Å². The lowest BCUT2D eigenvalue weighted by molar-refractivity contribution is -0.384. The van der Waals surface area contributed by atoms with E-state index >= 15 is 0 Å². The van der Waals surface area contributed by atoms with Crippen LogP contribution < -0.4 is 5.32 Å². The van der Waals surface area contributed by atoms with Crippen molar-refractivity contribution in [3.05, 3.63) is 63.7 Å². The molecule has 1 atom stereocenters. The molecule has 0 saturated heterocycles. The largest absolute Gasteiger partial charge is 0.508 e. The second kappa shape index (κ2) is 5.74. The number of phenols is 1. The van der Waals surface area contributed by atoms with Crippen molar-refractivity contribution in [1.82, 2.24) is 0 Å². The third kappa shape index (κ3) is 3.25. The van der Waals surface area contributed by atoms with Gasteiger partial charge >= 0.3 is 0 Å². The standard InChI is InChI=1S/C14H12F2N2O3/c1-8(9-2-4-11(15)12(16)6-9)17-13-5-3-10(19)7-14(13)18(20)21/h2-8,17,19H,1H3. The topological polar surface area (TPSA) is 75.4 Å². The molecule has 2 N–H and O–H groups in total. The van der Waals surface area contributed by atoms with Crippen LogP contribution in [0.2, 0.25) is 0 Å². The molecule has 21 heavy (non-hydrogen) atoms. The Bertz CT molecular complexity index is 692. The number of rotatable bonds is 4. The van der Waals surface area contributed by atoms with Crippen molar-refractivity contribution >= 4 is 11.4 Å². The highest BCUT2D eigenvalue weighted by Gasteiger charge is 2.17. The quantitative estimate of drug-likeness (QED) is 0.511. The maximum Gasteiger partial charge on any atom is 0.296 e. The van der Waals surface area contributed by atoms with Gasteiger partial charge in [0.1, 0.15) is 11.4 Å². The summed E-state index contributed by atoms with van der Waals surface area (Å²) < 4.78 is 26.1. The average molecular weight is 294 g/mol. The number of hydrogen-bond donors (Lipinski definition) is 2. The Morgan fingerprint density at radius 1 is 1.19 bits per heavy atom. The van der Waals surface area contributed by atoms with Crippen LogP contribution in [-0.4, -0.2) is 10.0 Å². The number of nitrogens with one attached hydrogen (secondary N) is 1. The van der Waals surface area contributed by atoms with Crippen molar-refractivity contribution < 1.29 is 18.8 Å². The summed E-state index contributed by atoms with van der Waals surface area (Å²) in [5.74, 6) is -2.17. The van der Waals surface area contributed by atoms with Crippen molar-refractivity contribution in [2.75, 3.05) is 5.32 Å². The predicted molar refractivity (Wildman–Crippen MR) is 73.2 cm³/mol. The third-order valence-corrected chi connectivity index (χ3v) is 2.99. The lowest BCUT2D eigenvalue weighted by atomic mass is 10.1. The number of benzene rings is 2. The molecule has 5 nitrogen and oxygen atoms in total. The monoisotopic (exact) mass is 294 g/mol. The van der Waals surface area contributed by atoms with Crippen LogP contribution in [0.4, 0.5) is 20.2 Å². The van der Waals surface area contributed by atoms with E-state index < -0.39 is 22.6 Å². The molecule has 0 fully saturated rings. The minimum atomic E-state index is -0.985. The number of aromatic hydroxyl groups is 1. The van der Waals surface area contributed by atoms with Gasteiger partial charge in [0, 0.05) is 6.04 Å². The second-order valence-electron chi connectivity index (χ2n) is 4.50. The van der Waals surface area contributed by atoms with Gasteiger partial charge in [-0.1, -0.05) is 6.07 Å². The first-order chi connectivity index (χ1) is 9.88. The second-order valence-corrected chi connectivity index (χ2v) is 4.50. The first kappa shape index (κ1) is 14.7. The smallest absolute Gasteiger partial charge is 0.296 e. The third-order valence-electron chi connectivity index (χ3n) is 2.99. The van der Waals surface area contributed by atoms with E-state index in [0.29, 0.717) is 5.56 Å². The van der Waals surface area contributed by atoms with E-state index in [4.69, 9.17) is 0 Å². The van der Waals surface area contributed by atoms with Crippen LogP contribution in [0.3, 0.4) is 0 Å². The van der Waals surface area contributed by atoms with Crippen LogP contribution in [-0.2, 0) is 0 Å². The highest BCUT2D eigenvalue weighted by atomic mass is 19.2. The Labute approximate surface area is 119 Å². The summed E-state index contributed by atoms with van der Waals surface area (Å²) in [6.07, 6.45) is 0. The van der Waals surface area contributed by atoms with Crippen LogP contribution in [0.5, 0.6) is 5.75 Å². The number of nitro groups is 1. The molecule has 0 heterocycles.